The number of aliphatic hydroxyl groups excluding tert-OH is 3. The Labute approximate surface area is 363 Å². The minimum Gasteiger partial charge on any atom is -0.395 e. The van der Waals surface area contributed by atoms with Gasteiger partial charge in [0, 0.05) is 21.7 Å². The van der Waals surface area contributed by atoms with Crippen molar-refractivity contribution in [1.82, 2.24) is 0 Å². The van der Waals surface area contributed by atoms with E-state index in [1.807, 2.05) is 60.7 Å². The molecule has 0 aromatic heterocycles. The molecule has 0 unspecified atom stereocenters. The van der Waals surface area contributed by atoms with E-state index in [2.05, 4.69) is 152 Å². The molecule has 0 aliphatic heterocycles. The molecule has 0 atom stereocenters. The van der Waals surface area contributed by atoms with E-state index >= 15 is 0 Å². The van der Waals surface area contributed by atoms with Gasteiger partial charge in [0.15, 0.2) is 0 Å². The molecule has 0 aliphatic carbocycles. The van der Waals surface area contributed by atoms with Gasteiger partial charge in [-0.1, -0.05) is 213 Å². The van der Waals surface area contributed by atoms with E-state index in [-0.39, 0.29) is 0 Å². The van der Waals surface area contributed by atoms with Crippen molar-refractivity contribution < 1.29 is 35.1 Å². The molecule has 0 bridgehead atoms. The molecule has 0 fully saturated rings. The van der Waals surface area contributed by atoms with Gasteiger partial charge >= 0.3 is 8.60 Å². The van der Waals surface area contributed by atoms with Crippen molar-refractivity contribution >= 4 is 8.60 Å². The smallest absolute Gasteiger partial charge is 0.324 e. The van der Waals surface area contributed by atoms with E-state index in [4.69, 9.17) is 14.7 Å². The highest BCUT2D eigenvalue weighted by Crippen LogP contribution is 2.53. The van der Waals surface area contributed by atoms with Crippen molar-refractivity contribution in [3.8, 4) is 0 Å². The first-order chi connectivity index (χ1) is 28.7. The van der Waals surface area contributed by atoms with Gasteiger partial charge in [-0.15, -0.1) is 0 Å². The number of rotatable bonds is 14. The number of aliphatic hydroxyl groups is 4. The molecular formula is C53H63O7P. The van der Waals surface area contributed by atoms with Gasteiger partial charge in [-0.25, -0.2) is 0 Å². The standard InChI is InChI=1S/C53H60O4.H3O3P/c1-48(2,38-21-13-9-14-22-38)42-29-31-44(46(33-42)50(5,6)40-25-17-11-18-26-40)53(57,52(35-54,36-55)37-56)45-32-30-43(49(3,4)39-23-15-10-16-24-39)34-47(45)51(7,8)41-27-19-12-20-28-41;1-4(2)3/h9-34,54-57H,35-37H2,1-8H3;1-3H. The van der Waals surface area contributed by atoms with E-state index in [1.165, 1.54) is 0 Å². The largest absolute Gasteiger partial charge is 0.395 e. The molecule has 6 aromatic rings. The summed E-state index contributed by atoms with van der Waals surface area (Å²) in [5.41, 5.74) is 3.08. The van der Waals surface area contributed by atoms with Crippen LogP contribution in [0.15, 0.2) is 158 Å². The number of hydrogen-bond donors (Lipinski definition) is 7. The van der Waals surface area contributed by atoms with Gasteiger partial charge in [-0.2, -0.15) is 0 Å². The first kappa shape index (κ1) is 47.5. The third-order valence-corrected chi connectivity index (χ3v) is 13.3. The highest BCUT2D eigenvalue weighted by molar-refractivity contribution is 7.38. The second kappa shape index (κ2) is 18.8. The zero-order valence-corrected chi connectivity index (χ0v) is 37.6. The Balaban J connectivity index is 0.00000168. The maximum absolute atomic E-state index is 14.2. The summed E-state index contributed by atoms with van der Waals surface area (Å²) in [6.45, 7) is 15.4. The van der Waals surface area contributed by atoms with Crippen LogP contribution in [0.5, 0.6) is 0 Å². The van der Waals surface area contributed by atoms with Crippen molar-refractivity contribution in [1.29, 1.82) is 0 Å². The van der Waals surface area contributed by atoms with Crippen molar-refractivity contribution in [2.24, 2.45) is 5.41 Å². The molecule has 0 amide bonds. The molecule has 7 nitrogen and oxygen atoms in total. The van der Waals surface area contributed by atoms with Crippen LogP contribution >= 0.6 is 8.60 Å². The third-order valence-electron chi connectivity index (χ3n) is 13.3. The van der Waals surface area contributed by atoms with Crippen LogP contribution in [0.2, 0.25) is 0 Å². The second-order valence-corrected chi connectivity index (χ2v) is 18.8. The Hall–Kier alpha value is -4.53. The first-order valence-corrected chi connectivity index (χ1v) is 21.9. The summed E-state index contributed by atoms with van der Waals surface area (Å²) >= 11 is 0. The molecular weight excluding hydrogens is 780 g/mol. The summed E-state index contributed by atoms with van der Waals surface area (Å²) in [6.07, 6.45) is 0. The summed E-state index contributed by atoms with van der Waals surface area (Å²) in [4.78, 5) is 21.7. The molecule has 0 heterocycles. The molecule has 7 N–H and O–H groups in total. The van der Waals surface area contributed by atoms with Gasteiger partial charge in [-0.05, 0) is 55.6 Å². The Kier molecular flexibility index (Phi) is 14.7. The van der Waals surface area contributed by atoms with Gasteiger partial charge in [0.05, 0.1) is 25.2 Å². The summed E-state index contributed by atoms with van der Waals surface area (Å²) < 4.78 is 0. The van der Waals surface area contributed by atoms with E-state index in [1.54, 1.807) is 0 Å². The van der Waals surface area contributed by atoms with Crippen LogP contribution in [0.3, 0.4) is 0 Å². The number of benzene rings is 6. The average molecular weight is 843 g/mol. The van der Waals surface area contributed by atoms with Gasteiger partial charge in [0.25, 0.3) is 0 Å². The molecule has 6 rings (SSSR count). The Morgan fingerprint density at radius 3 is 0.836 bits per heavy atom. The molecule has 0 saturated heterocycles. The molecule has 61 heavy (non-hydrogen) atoms. The van der Waals surface area contributed by atoms with E-state index in [0.29, 0.717) is 11.1 Å². The fraction of sp³-hybridized carbons (Fsp3) is 0.321. The molecule has 0 radical (unpaired) electrons. The number of hydrogen-bond acceptors (Lipinski definition) is 7. The third kappa shape index (κ3) is 9.18. The zero-order valence-electron chi connectivity index (χ0n) is 36.7. The average Bonchev–Trinajstić information content (AvgIpc) is 3.27. The Morgan fingerprint density at radius 1 is 0.344 bits per heavy atom. The quantitative estimate of drug-likeness (QED) is 0.0542. The predicted octanol–water partition coefficient (Wildman–Crippen LogP) is 9.38. The fourth-order valence-corrected chi connectivity index (χ4v) is 8.80. The van der Waals surface area contributed by atoms with Gasteiger partial charge in [-0.3, -0.25) is 0 Å². The maximum Gasteiger partial charge on any atom is 0.324 e. The topological polar surface area (TPSA) is 142 Å². The van der Waals surface area contributed by atoms with Crippen LogP contribution < -0.4 is 0 Å². The summed E-state index contributed by atoms with van der Waals surface area (Å²) in [6, 6.07) is 53.7. The van der Waals surface area contributed by atoms with Crippen LogP contribution in [0.4, 0.5) is 0 Å². The molecule has 0 spiro atoms. The van der Waals surface area contributed by atoms with E-state index < -0.39 is 61.1 Å². The maximum atomic E-state index is 14.2. The van der Waals surface area contributed by atoms with Crippen LogP contribution in [0.1, 0.15) is 111 Å². The Bertz CT molecular complexity index is 2160. The highest BCUT2D eigenvalue weighted by atomic mass is 31.2. The van der Waals surface area contributed by atoms with E-state index in [9.17, 15) is 20.4 Å². The van der Waals surface area contributed by atoms with Crippen LogP contribution in [-0.2, 0) is 27.3 Å². The van der Waals surface area contributed by atoms with Crippen molar-refractivity contribution in [2.75, 3.05) is 19.8 Å². The first-order valence-electron chi connectivity index (χ1n) is 20.7. The Morgan fingerprint density at radius 2 is 0.590 bits per heavy atom. The lowest BCUT2D eigenvalue weighted by Crippen LogP contribution is -2.56. The molecule has 8 heteroatoms. The lowest BCUT2D eigenvalue weighted by atomic mass is 9.58. The van der Waals surface area contributed by atoms with Gasteiger partial charge in [0.2, 0.25) is 0 Å². The summed E-state index contributed by atoms with van der Waals surface area (Å²) in [5, 5.41) is 48.5. The monoisotopic (exact) mass is 842 g/mol. The SMILES string of the molecule is CC(C)(c1ccccc1)c1ccc(C(O)(c2ccc(C(C)(C)c3ccccc3)cc2C(C)(C)c2ccccc2)C(CO)(CO)CO)c(C(C)(C)c2ccccc2)c1.OP(O)O. The van der Waals surface area contributed by atoms with Crippen LogP contribution in [0.25, 0.3) is 0 Å². The van der Waals surface area contributed by atoms with Gasteiger partial charge < -0.3 is 35.1 Å². The van der Waals surface area contributed by atoms with Crippen molar-refractivity contribution in [3.05, 3.63) is 213 Å². The second-order valence-electron chi connectivity index (χ2n) is 18.2. The highest BCUT2D eigenvalue weighted by Gasteiger charge is 2.56. The summed E-state index contributed by atoms with van der Waals surface area (Å²) in [5.74, 6) is 0. The molecule has 0 saturated carbocycles. The van der Waals surface area contributed by atoms with Gasteiger partial charge in [0.1, 0.15) is 5.60 Å². The lowest BCUT2D eigenvalue weighted by molar-refractivity contribution is -0.137. The molecule has 322 valence electrons. The minimum absolute atomic E-state index is 0.410. The molecule has 6 aromatic carbocycles. The van der Waals surface area contributed by atoms with E-state index in [0.717, 1.165) is 44.5 Å². The van der Waals surface area contributed by atoms with Crippen molar-refractivity contribution in [3.63, 3.8) is 0 Å². The summed E-state index contributed by atoms with van der Waals surface area (Å²) in [7, 11) is -2.62. The van der Waals surface area contributed by atoms with Crippen LogP contribution in [-0.4, -0.2) is 54.9 Å². The minimum atomic E-state index is -2.62. The predicted molar refractivity (Wildman–Crippen MR) is 247 cm³/mol. The van der Waals surface area contributed by atoms with Crippen LogP contribution in [0, 0.1) is 5.41 Å². The zero-order chi connectivity index (χ0) is 44.9. The van der Waals surface area contributed by atoms with Crippen molar-refractivity contribution in [2.45, 2.75) is 82.7 Å². The lowest BCUT2D eigenvalue weighted by Gasteiger charge is -2.49. The normalized spacial score (nSPS) is 12.9. The fourth-order valence-electron chi connectivity index (χ4n) is 8.80. The molecule has 0 aliphatic rings.